The van der Waals surface area contributed by atoms with Crippen LogP contribution in [-0.4, -0.2) is 34.3 Å². The van der Waals surface area contributed by atoms with Crippen molar-refractivity contribution in [3.63, 3.8) is 0 Å². The molecular formula is C22H27FNO4P. The highest BCUT2D eigenvalue weighted by molar-refractivity contribution is 7.65. The van der Waals surface area contributed by atoms with Gasteiger partial charge in [0.15, 0.2) is 0 Å². The van der Waals surface area contributed by atoms with E-state index < -0.39 is 36.5 Å². The molecule has 29 heavy (non-hydrogen) atoms. The highest BCUT2D eigenvalue weighted by atomic mass is 31.2. The summed E-state index contributed by atoms with van der Waals surface area (Å²) in [5.41, 5.74) is -0.909. The molecule has 2 N–H and O–H groups in total. The first-order valence-corrected chi connectivity index (χ1v) is 11.4. The van der Waals surface area contributed by atoms with E-state index in [1.54, 1.807) is 58.0 Å². The standard InChI is InChI=1S/C22H27FNO4P/c1-14(2)29(28,15(3)4)20(16-10-12-18(23)13-11-16)19(22(26)27)24-21(25)17-8-6-5-7-9-17/h5-15,19-20H,1-4H3,(H,24,25)(H,26,27). The van der Waals surface area contributed by atoms with Gasteiger partial charge in [-0.1, -0.05) is 58.0 Å². The number of benzene rings is 2. The zero-order chi connectivity index (χ0) is 21.8. The minimum Gasteiger partial charge on any atom is -0.480 e. The normalized spacial score (nSPS) is 13.9. The first-order chi connectivity index (χ1) is 13.6. The third-order valence-corrected chi connectivity index (χ3v) is 9.86. The molecule has 0 heterocycles. The van der Waals surface area contributed by atoms with Gasteiger partial charge in [-0.15, -0.1) is 0 Å². The van der Waals surface area contributed by atoms with Gasteiger partial charge in [-0.2, -0.15) is 0 Å². The van der Waals surface area contributed by atoms with E-state index in [-0.39, 0.29) is 11.3 Å². The lowest BCUT2D eigenvalue weighted by Gasteiger charge is -2.37. The Kier molecular flexibility index (Phi) is 7.37. The van der Waals surface area contributed by atoms with Gasteiger partial charge in [0.1, 0.15) is 19.0 Å². The van der Waals surface area contributed by atoms with Gasteiger partial charge >= 0.3 is 5.97 Å². The van der Waals surface area contributed by atoms with Gasteiger partial charge in [-0.25, -0.2) is 9.18 Å². The molecule has 0 saturated heterocycles. The van der Waals surface area contributed by atoms with Crippen molar-refractivity contribution in [2.24, 2.45) is 0 Å². The monoisotopic (exact) mass is 419 g/mol. The van der Waals surface area contributed by atoms with Crippen molar-refractivity contribution in [1.29, 1.82) is 0 Å². The Bertz CT molecular complexity index is 885. The lowest BCUT2D eigenvalue weighted by atomic mass is 10.0. The Labute approximate surface area is 170 Å². The molecular weight excluding hydrogens is 392 g/mol. The van der Waals surface area contributed by atoms with Crippen molar-refractivity contribution >= 4 is 19.0 Å². The molecule has 0 radical (unpaired) electrons. The van der Waals surface area contributed by atoms with Crippen LogP contribution in [0.15, 0.2) is 54.6 Å². The molecule has 0 fully saturated rings. The molecule has 0 aliphatic carbocycles. The molecule has 156 valence electrons. The maximum Gasteiger partial charge on any atom is 0.327 e. The average Bonchev–Trinajstić information content (AvgIpc) is 2.68. The van der Waals surface area contributed by atoms with Crippen LogP contribution in [0.3, 0.4) is 0 Å². The minimum absolute atomic E-state index is 0.306. The molecule has 2 aromatic carbocycles. The minimum atomic E-state index is -3.19. The second-order valence-electron chi connectivity index (χ2n) is 7.60. The van der Waals surface area contributed by atoms with Crippen molar-refractivity contribution < 1.29 is 23.7 Å². The van der Waals surface area contributed by atoms with Crippen molar-refractivity contribution in [2.45, 2.75) is 50.7 Å². The molecule has 0 saturated carbocycles. The van der Waals surface area contributed by atoms with E-state index in [2.05, 4.69) is 5.32 Å². The highest BCUT2D eigenvalue weighted by Crippen LogP contribution is 2.67. The van der Waals surface area contributed by atoms with Crippen LogP contribution < -0.4 is 5.32 Å². The van der Waals surface area contributed by atoms with E-state index >= 15 is 0 Å². The van der Waals surface area contributed by atoms with E-state index in [0.717, 1.165) is 0 Å². The van der Waals surface area contributed by atoms with Crippen LogP contribution in [0.1, 0.15) is 49.3 Å². The van der Waals surface area contributed by atoms with E-state index in [9.17, 15) is 23.7 Å². The fourth-order valence-corrected chi connectivity index (χ4v) is 7.43. The summed E-state index contributed by atoms with van der Waals surface area (Å²) in [5, 5.41) is 12.5. The topological polar surface area (TPSA) is 83.5 Å². The second-order valence-corrected chi connectivity index (χ2v) is 11.8. The number of rotatable bonds is 8. The smallest absolute Gasteiger partial charge is 0.327 e. The van der Waals surface area contributed by atoms with E-state index in [4.69, 9.17) is 0 Å². The van der Waals surface area contributed by atoms with E-state index in [1.807, 2.05) is 0 Å². The van der Waals surface area contributed by atoms with E-state index in [0.29, 0.717) is 11.1 Å². The fourth-order valence-electron chi connectivity index (χ4n) is 3.65. The number of halogens is 1. The third-order valence-electron chi connectivity index (χ3n) is 5.16. The van der Waals surface area contributed by atoms with Crippen molar-refractivity contribution in [3.05, 3.63) is 71.5 Å². The van der Waals surface area contributed by atoms with Gasteiger partial charge in [0.05, 0.1) is 5.66 Å². The Morgan fingerprint density at radius 3 is 1.90 bits per heavy atom. The number of carbonyl (C=O) groups is 2. The largest absolute Gasteiger partial charge is 0.480 e. The van der Waals surface area contributed by atoms with Gasteiger partial charge in [0.2, 0.25) is 0 Å². The molecule has 2 rings (SSSR count). The van der Waals surface area contributed by atoms with Crippen molar-refractivity contribution in [1.82, 2.24) is 5.32 Å². The van der Waals surface area contributed by atoms with Gasteiger partial charge in [0.25, 0.3) is 5.91 Å². The van der Waals surface area contributed by atoms with Gasteiger partial charge < -0.3 is 15.0 Å². The summed E-state index contributed by atoms with van der Waals surface area (Å²) in [6.45, 7) is 7.15. The average molecular weight is 419 g/mol. The zero-order valence-corrected chi connectivity index (χ0v) is 17.9. The van der Waals surface area contributed by atoms with Crippen LogP contribution in [0.4, 0.5) is 4.39 Å². The molecule has 2 atom stereocenters. The maximum atomic E-state index is 14.2. The summed E-state index contributed by atoms with van der Waals surface area (Å²) in [6, 6.07) is 12.1. The fraction of sp³-hybridized carbons (Fsp3) is 0.364. The predicted molar refractivity (Wildman–Crippen MR) is 112 cm³/mol. The number of nitrogens with one attached hydrogen (secondary N) is 1. The molecule has 1 amide bonds. The number of amides is 1. The predicted octanol–water partition coefficient (Wildman–Crippen LogP) is 4.93. The Morgan fingerprint density at radius 1 is 0.931 bits per heavy atom. The summed E-state index contributed by atoms with van der Waals surface area (Å²) in [6.07, 6.45) is 0. The van der Waals surface area contributed by atoms with E-state index in [1.165, 1.54) is 24.3 Å². The molecule has 0 aromatic heterocycles. The van der Waals surface area contributed by atoms with Crippen LogP contribution in [-0.2, 0) is 9.36 Å². The first-order valence-electron chi connectivity index (χ1n) is 9.52. The summed E-state index contributed by atoms with van der Waals surface area (Å²) in [7, 11) is -3.19. The molecule has 2 aromatic rings. The van der Waals surface area contributed by atoms with Crippen LogP contribution in [0.2, 0.25) is 0 Å². The summed E-state index contributed by atoms with van der Waals surface area (Å²) in [4.78, 5) is 24.9. The van der Waals surface area contributed by atoms with Gasteiger partial charge in [0, 0.05) is 16.9 Å². The maximum absolute atomic E-state index is 14.2. The molecule has 2 unspecified atom stereocenters. The number of aliphatic carboxylic acids is 1. The number of carboxylic acid groups (broad SMARTS) is 1. The molecule has 0 aliphatic rings. The lowest BCUT2D eigenvalue weighted by molar-refractivity contribution is -0.139. The number of hydrogen-bond acceptors (Lipinski definition) is 3. The Morgan fingerprint density at radius 2 is 1.45 bits per heavy atom. The van der Waals surface area contributed by atoms with Gasteiger partial charge in [-0.05, 0) is 29.8 Å². The lowest BCUT2D eigenvalue weighted by Crippen LogP contribution is -2.46. The highest BCUT2D eigenvalue weighted by Gasteiger charge is 2.47. The number of carbonyl (C=O) groups excluding carboxylic acids is 1. The molecule has 0 spiro atoms. The zero-order valence-electron chi connectivity index (χ0n) is 17.0. The molecule has 7 heteroatoms. The van der Waals surface area contributed by atoms with Crippen LogP contribution in [0, 0.1) is 5.82 Å². The number of hydrogen-bond donors (Lipinski definition) is 2. The molecule has 0 aliphatic heterocycles. The summed E-state index contributed by atoms with van der Waals surface area (Å²) < 4.78 is 27.7. The molecule has 5 nitrogen and oxygen atoms in total. The summed E-state index contributed by atoms with van der Waals surface area (Å²) in [5.74, 6) is -2.33. The van der Waals surface area contributed by atoms with Crippen LogP contribution >= 0.6 is 7.14 Å². The SMILES string of the molecule is CC(C)P(=O)(C(C)C)C(c1ccc(F)cc1)C(NC(=O)c1ccccc1)C(=O)O. The molecule has 0 bridgehead atoms. The van der Waals surface area contributed by atoms with Crippen molar-refractivity contribution in [2.75, 3.05) is 0 Å². The number of carboxylic acids is 1. The first kappa shape index (κ1) is 22.8. The Balaban J connectivity index is 2.59. The van der Waals surface area contributed by atoms with Crippen LogP contribution in [0.25, 0.3) is 0 Å². The van der Waals surface area contributed by atoms with Gasteiger partial charge in [-0.3, -0.25) is 4.79 Å². The quantitative estimate of drug-likeness (QED) is 0.595. The second kappa shape index (κ2) is 9.36. The van der Waals surface area contributed by atoms with Crippen molar-refractivity contribution in [3.8, 4) is 0 Å². The Hall–Kier alpha value is -2.46. The van der Waals surface area contributed by atoms with Crippen LogP contribution in [0.5, 0.6) is 0 Å². The third kappa shape index (κ3) is 4.94. The summed E-state index contributed by atoms with van der Waals surface area (Å²) >= 11 is 0.